The van der Waals surface area contributed by atoms with Crippen LogP contribution in [0, 0.1) is 0 Å². The number of ether oxygens (including phenoxy) is 1. The number of sulfone groups is 1. The van der Waals surface area contributed by atoms with E-state index >= 15 is 0 Å². The van der Waals surface area contributed by atoms with Gasteiger partial charge in [-0.05, 0) is 40.5 Å². The number of hydrogen-bond acceptors (Lipinski definition) is 9. The van der Waals surface area contributed by atoms with Gasteiger partial charge in [0, 0.05) is 25.6 Å². The van der Waals surface area contributed by atoms with E-state index in [2.05, 4.69) is 5.16 Å². The number of hydrogen-bond donors (Lipinski definition) is 3. The Kier molecular flexibility index (Phi) is 11.1. The summed E-state index contributed by atoms with van der Waals surface area (Å²) in [5.41, 5.74) is 11.5. The summed E-state index contributed by atoms with van der Waals surface area (Å²) in [7, 11) is -8.36. The predicted octanol–water partition coefficient (Wildman–Crippen LogP) is 1.01. The van der Waals surface area contributed by atoms with Crippen LogP contribution in [0.25, 0.3) is 0 Å². The molecule has 5 N–H and O–H groups in total. The molecule has 2 aromatic rings. The number of alkyl halides is 3. The molecule has 18 heteroatoms. The Morgan fingerprint density at radius 3 is 2.24 bits per heavy atom. The lowest BCUT2D eigenvalue weighted by Gasteiger charge is -2.34. The van der Waals surface area contributed by atoms with E-state index in [1.807, 2.05) is 0 Å². The molecule has 41 heavy (non-hydrogen) atoms. The van der Waals surface area contributed by atoms with Crippen LogP contribution in [0.5, 0.6) is 5.75 Å². The van der Waals surface area contributed by atoms with Crippen LogP contribution in [0.4, 0.5) is 13.2 Å². The number of halogens is 3. The van der Waals surface area contributed by atoms with Crippen molar-refractivity contribution in [1.82, 2.24) is 4.31 Å². The quantitative estimate of drug-likeness (QED) is 0.112. The van der Waals surface area contributed by atoms with Crippen LogP contribution in [-0.4, -0.2) is 76.2 Å². The number of fused-ring (bicyclic) bond motifs is 1. The third-order valence-corrected chi connectivity index (χ3v) is 8.53. The van der Waals surface area contributed by atoms with E-state index in [4.69, 9.17) is 25.8 Å². The first kappa shape index (κ1) is 33.3. The minimum absolute atomic E-state index is 0.0857. The summed E-state index contributed by atoms with van der Waals surface area (Å²) in [4.78, 5) is 24.7. The van der Waals surface area contributed by atoms with Crippen molar-refractivity contribution in [3.8, 4) is 5.75 Å². The van der Waals surface area contributed by atoms with Gasteiger partial charge in [0.15, 0.2) is 9.84 Å². The van der Waals surface area contributed by atoms with Gasteiger partial charge in [0.25, 0.3) is 0 Å². The first-order valence-corrected chi connectivity index (χ1v) is 14.8. The highest BCUT2D eigenvalue weighted by molar-refractivity contribution is 7.93. The van der Waals surface area contributed by atoms with Crippen molar-refractivity contribution >= 4 is 38.1 Å². The Morgan fingerprint density at radius 2 is 1.71 bits per heavy atom. The monoisotopic (exact) mass is 624 g/mol. The van der Waals surface area contributed by atoms with Crippen molar-refractivity contribution in [2.45, 2.75) is 41.4 Å². The summed E-state index contributed by atoms with van der Waals surface area (Å²) in [6.07, 6.45) is -4.42. The van der Waals surface area contributed by atoms with Gasteiger partial charge in [-0.15, -0.1) is 0 Å². The average molecular weight is 625 g/mol. The fourth-order valence-corrected chi connectivity index (χ4v) is 6.78. The van der Waals surface area contributed by atoms with Gasteiger partial charge in [0.1, 0.15) is 23.3 Å². The van der Waals surface area contributed by atoms with Crippen LogP contribution in [0.2, 0.25) is 0 Å². The molecular weight excluding hydrogens is 597 g/mol. The molecule has 0 saturated carbocycles. The van der Waals surface area contributed by atoms with Crippen molar-refractivity contribution in [3.05, 3.63) is 53.6 Å². The molecule has 1 heterocycles. The SMILES string of the molecule is CS(=O)(=O)c1ccccc1S(=O)(=O)N1Cc2cc(OCCCON=C(N)N)ccc2C[C@H]1C(=O)O.O=CC(F)(F)F. The summed E-state index contributed by atoms with van der Waals surface area (Å²) in [5, 5.41) is 13.2. The summed E-state index contributed by atoms with van der Waals surface area (Å²) < 4.78 is 89.1. The fraction of sp³-hybridized carbons (Fsp3) is 0.348. The Bertz CT molecular complexity index is 1490. The zero-order valence-corrected chi connectivity index (χ0v) is 23.1. The molecule has 0 bridgehead atoms. The number of nitrogens with zero attached hydrogens (tertiary/aromatic N) is 2. The lowest BCUT2D eigenvalue weighted by Crippen LogP contribution is -2.48. The molecule has 0 amide bonds. The van der Waals surface area contributed by atoms with Crippen molar-refractivity contribution in [1.29, 1.82) is 0 Å². The summed E-state index contributed by atoms with van der Waals surface area (Å²) in [6.45, 7) is 0.215. The Labute approximate surface area is 233 Å². The number of aliphatic carboxylic acids is 1. The first-order valence-electron chi connectivity index (χ1n) is 11.5. The van der Waals surface area contributed by atoms with Crippen LogP contribution in [0.3, 0.4) is 0 Å². The number of carbonyl (C=O) groups is 2. The molecule has 0 spiro atoms. The van der Waals surface area contributed by atoms with Crippen molar-refractivity contribution in [2.24, 2.45) is 16.6 Å². The fourth-order valence-electron chi connectivity index (χ4n) is 3.62. The zero-order chi connectivity index (χ0) is 31.0. The van der Waals surface area contributed by atoms with E-state index in [-0.39, 0.29) is 32.1 Å². The zero-order valence-electron chi connectivity index (χ0n) is 21.4. The molecule has 13 nitrogen and oxygen atoms in total. The largest absolute Gasteiger partial charge is 0.493 e. The van der Waals surface area contributed by atoms with Gasteiger partial charge < -0.3 is 26.1 Å². The maximum Gasteiger partial charge on any atom is 0.446 e. The topological polar surface area (TPSA) is 209 Å². The van der Waals surface area contributed by atoms with E-state index in [1.165, 1.54) is 18.2 Å². The maximum atomic E-state index is 13.5. The lowest BCUT2D eigenvalue weighted by atomic mass is 9.95. The number of carboxylic acids is 1. The minimum Gasteiger partial charge on any atom is -0.493 e. The molecule has 1 aliphatic rings. The predicted molar refractivity (Wildman–Crippen MR) is 138 cm³/mol. The summed E-state index contributed by atoms with van der Waals surface area (Å²) >= 11 is 0. The Morgan fingerprint density at radius 1 is 1.10 bits per heavy atom. The molecule has 0 unspecified atom stereocenters. The average Bonchev–Trinajstić information content (AvgIpc) is 2.89. The van der Waals surface area contributed by atoms with Crippen molar-refractivity contribution < 1.29 is 54.3 Å². The van der Waals surface area contributed by atoms with Crippen LogP contribution >= 0.6 is 0 Å². The number of aldehydes is 1. The van der Waals surface area contributed by atoms with E-state index in [9.17, 15) is 39.9 Å². The molecule has 1 atom stereocenters. The maximum absolute atomic E-state index is 13.5. The number of oxime groups is 1. The van der Waals surface area contributed by atoms with Gasteiger partial charge in [-0.1, -0.05) is 18.2 Å². The second-order valence-corrected chi connectivity index (χ2v) is 12.3. The normalized spacial score (nSPS) is 15.5. The van der Waals surface area contributed by atoms with Gasteiger partial charge in [0.05, 0.1) is 11.5 Å². The van der Waals surface area contributed by atoms with Gasteiger partial charge in [0.2, 0.25) is 22.3 Å². The number of carboxylic acid groups (broad SMARTS) is 1. The van der Waals surface area contributed by atoms with Crippen LogP contribution in [0.15, 0.2) is 57.4 Å². The van der Waals surface area contributed by atoms with E-state index in [0.717, 1.165) is 16.6 Å². The standard InChI is InChI=1S/C21H26N4O8S2.C2HF3O/c1-34(28,29)18-5-2-3-6-19(18)35(30,31)25-13-15-11-16(32-9-4-10-33-24-21(22)23)8-7-14(15)12-17(25)20(26)27;3-2(4,5)1-6/h2-3,5-8,11,17H,4,9-10,12-13H2,1H3,(H,26,27)(H4,22,23,24);1H/t17-;/m0./s1. The molecule has 226 valence electrons. The second-order valence-electron chi connectivity index (χ2n) is 8.47. The van der Waals surface area contributed by atoms with E-state index in [0.29, 0.717) is 23.3 Å². The smallest absolute Gasteiger partial charge is 0.446 e. The van der Waals surface area contributed by atoms with Gasteiger partial charge in [-0.2, -0.15) is 17.5 Å². The number of benzene rings is 2. The van der Waals surface area contributed by atoms with Crippen LogP contribution in [0.1, 0.15) is 17.5 Å². The highest BCUT2D eigenvalue weighted by atomic mass is 32.2. The van der Waals surface area contributed by atoms with Crippen molar-refractivity contribution in [3.63, 3.8) is 0 Å². The Hall–Kier alpha value is -3.90. The third kappa shape index (κ3) is 9.61. The molecule has 0 fully saturated rings. The molecule has 0 saturated heterocycles. The number of nitrogens with two attached hydrogens (primary N) is 2. The highest BCUT2D eigenvalue weighted by Crippen LogP contribution is 2.33. The number of sulfonamides is 1. The highest BCUT2D eigenvalue weighted by Gasteiger charge is 2.41. The van der Waals surface area contributed by atoms with Gasteiger partial charge >= 0.3 is 12.1 Å². The lowest BCUT2D eigenvalue weighted by molar-refractivity contribution is -0.156. The minimum atomic E-state index is -4.64. The number of carbonyl (C=O) groups excluding carboxylic acids is 1. The summed E-state index contributed by atoms with van der Waals surface area (Å²) in [6, 6.07) is 8.71. The summed E-state index contributed by atoms with van der Waals surface area (Å²) in [5.74, 6) is -1.08. The second kappa shape index (κ2) is 13.6. The van der Waals surface area contributed by atoms with Gasteiger partial charge in [-0.3, -0.25) is 9.59 Å². The molecule has 0 aromatic heterocycles. The van der Waals surface area contributed by atoms with Crippen LogP contribution < -0.4 is 16.2 Å². The third-order valence-electron chi connectivity index (χ3n) is 5.34. The number of guanidine groups is 1. The van der Waals surface area contributed by atoms with E-state index < -0.39 is 54.1 Å². The van der Waals surface area contributed by atoms with E-state index in [1.54, 1.807) is 18.2 Å². The first-order chi connectivity index (χ1) is 19.0. The molecule has 0 aliphatic carbocycles. The molecular formula is C23H27F3N4O9S2. The Balaban J connectivity index is 0.000000883. The number of rotatable bonds is 10. The van der Waals surface area contributed by atoms with Crippen molar-refractivity contribution in [2.75, 3.05) is 19.5 Å². The molecule has 1 aliphatic heterocycles. The molecule has 0 radical (unpaired) electrons. The molecule has 3 rings (SSSR count). The van der Waals surface area contributed by atoms with Gasteiger partial charge in [-0.25, -0.2) is 16.8 Å². The van der Waals surface area contributed by atoms with Crippen LogP contribution in [-0.2, 0) is 47.3 Å². The molecule has 2 aromatic carbocycles.